The lowest BCUT2D eigenvalue weighted by molar-refractivity contribution is -0.132. The molecule has 1 unspecified atom stereocenters. The van der Waals surface area contributed by atoms with Crippen molar-refractivity contribution in [2.75, 3.05) is 20.6 Å². The summed E-state index contributed by atoms with van der Waals surface area (Å²) in [5.41, 5.74) is 2.09. The minimum atomic E-state index is 0.0509. The van der Waals surface area contributed by atoms with E-state index in [1.807, 2.05) is 36.2 Å². The van der Waals surface area contributed by atoms with Crippen LogP contribution in [0.2, 0.25) is 0 Å². The SMILES string of the molecule is CC(c1ccc(-n2cncn2)cc1)N(C)CC(=O)N(C)Cc1ccco1. The van der Waals surface area contributed by atoms with Gasteiger partial charge in [-0.1, -0.05) is 12.1 Å². The quantitative estimate of drug-likeness (QED) is 0.653. The summed E-state index contributed by atoms with van der Waals surface area (Å²) in [6.45, 7) is 2.90. The van der Waals surface area contributed by atoms with E-state index in [4.69, 9.17) is 4.42 Å². The second kappa shape index (κ2) is 7.97. The van der Waals surface area contributed by atoms with Gasteiger partial charge < -0.3 is 9.32 Å². The first-order valence-electron chi connectivity index (χ1n) is 8.46. The first-order valence-corrected chi connectivity index (χ1v) is 8.46. The van der Waals surface area contributed by atoms with Crippen molar-refractivity contribution in [3.8, 4) is 5.69 Å². The number of nitrogens with zero attached hydrogens (tertiary/aromatic N) is 5. The molecule has 0 radical (unpaired) electrons. The Balaban J connectivity index is 1.58. The van der Waals surface area contributed by atoms with E-state index in [0.717, 1.165) is 17.0 Å². The molecule has 7 nitrogen and oxygen atoms in total. The second-order valence-electron chi connectivity index (χ2n) is 6.35. The van der Waals surface area contributed by atoms with E-state index in [2.05, 4.69) is 29.1 Å². The summed E-state index contributed by atoms with van der Waals surface area (Å²) in [6, 6.07) is 11.9. The Labute approximate surface area is 152 Å². The fourth-order valence-corrected chi connectivity index (χ4v) is 2.70. The first-order chi connectivity index (χ1) is 12.5. The van der Waals surface area contributed by atoms with Crippen molar-refractivity contribution in [1.29, 1.82) is 0 Å². The zero-order chi connectivity index (χ0) is 18.5. The Morgan fingerprint density at radius 3 is 2.62 bits per heavy atom. The van der Waals surface area contributed by atoms with Gasteiger partial charge in [-0.3, -0.25) is 9.69 Å². The Morgan fingerprint density at radius 1 is 1.23 bits per heavy atom. The van der Waals surface area contributed by atoms with E-state index in [9.17, 15) is 4.79 Å². The van der Waals surface area contributed by atoms with Crippen molar-refractivity contribution < 1.29 is 9.21 Å². The van der Waals surface area contributed by atoms with Crippen LogP contribution in [0.1, 0.15) is 24.3 Å². The van der Waals surface area contributed by atoms with Crippen molar-refractivity contribution in [1.82, 2.24) is 24.6 Å². The van der Waals surface area contributed by atoms with Gasteiger partial charge in [0, 0.05) is 13.1 Å². The van der Waals surface area contributed by atoms with Gasteiger partial charge in [0.2, 0.25) is 5.91 Å². The highest BCUT2D eigenvalue weighted by molar-refractivity contribution is 5.77. The summed E-state index contributed by atoms with van der Waals surface area (Å²) in [6.07, 6.45) is 4.79. The van der Waals surface area contributed by atoms with Gasteiger partial charge in [0.25, 0.3) is 0 Å². The van der Waals surface area contributed by atoms with Gasteiger partial charge in [0.15, 0.2) is 0 Å². The van der Waals surface area contributed by atoms with Crippen molar-refractivity contribution in [2.24, 2.45) is 0 Å². The van der Waals surface area contributed by atoms with Crippen LogP contribution in [-0.2, 0) is 11.3 Å². The number of hydrogen-bond donors (Lipinski definition) is 0. The Hall–Kier alpha value is -2.93. The Morgan fingerprint density at radius 2 is 2.00 bits per heavy atom. The number of carbonyl (C=O) groups is 1. The minimum Gasteiger partial charge on any atom is -0.467 e. The first kappa shape index (κ1) is 17.9. The predicted octanol–water partition coefficient (Wildman–Crippen LogP) is 2.51. The number of benzene rings is 1. The van der Waals surface area contributed by atoms with Crippen LogP contribution < -0.4 is 0 Å². The number of carbonyl (C=O) groups excluding carboxylic acids is 1. The summed E-state index contributed by atoms with van der Waals surface area (Å²) in [5, 5.41) is 4.12. The average molecular weight is 353 g/mol. The molecule has 26 heavy (non-hydrogen) atoms. The van der Waals surface area contributed by atoms with Crippen LogP contribution >= 0.6 is 0 Å². The molecule has 1 atom stereocenters. The van der Waals surface area contributed by atoms with Crippen LogP contribution in [0.15, 0.2) is 59.7 Å². The molecule has 0 aliphatic carbocycles. The third kappa shape index (κ3) is 4.18. The maximum absolute atomic E-state index is 12.4. The van der Waals surface area contributed by atoms with Crippen LogP contribution in [0.4, 0.5) is 0 Å². The molecular formula is C19H23N5O2. The summed E-state index contributed by atoms with van der Waals surface area (Å²) >= 11 is 0. The maximum Gasteiger partial charge on any atom is 0.236 e. The fourth-order valence-electron chi connectivity index (χ4n) is 2.70. The monoisotopic (exact) mass is 353 g/mol. The lowest BCUT2D eigenvalue weighted by atomic mass is 10.1. The molecule has 136 valence electrons. The van der Waals surface area contributed by atoms with Gasteiger partial charge in [-0.25, -0.2) is 9.67 Å². The van der Waals surface area contributed by atoms with E-state index in [0.29, 0.717) is 13.1 Å². The topological polar surface area (TPSA) is 67.4 Å². The number of hydrogen-bond acceptors (Lipinski definition) is 5. The molecule has 2 heterocycles. The van der Waals surface area contributed by atoms with Crippen LogP contribution in [-0.4, -0.2) is 51.1 Å². The van der Waals surface area contributed by atoms with Crippen molar-refractivity contribution in [3.63, 3.8) is 0 Å². The smallest absolute Gasteiger partial charge is 0.236 e. The molecule has 0 saturated heterocycles. The number of aromatic nitrogens is 3. The van der Waals surface area contributed by atoms with Gasteiger partial charge in [-0.05, 0) is 43.8 Å². The second-order valence-corrected chi connectivity index (χ2v) is 6.35. The van der Waals surface area contributed by atoms with Crippen molar-refractivity contribution >= 4 is 5.91 Å². The normalized spacial score (nSPS) is 12.3. The average Bonchev–Trinajstić information content (AvgIpc) is 3.35. The van der Waals surface area contributed by atoms with Crippen LogP contribution in [0.3, 0.4) is 0 Å². The van der Waals surface area contributed by atoms with E-state index < -0.39 is 0 Å². The molecule has 0 spiro atoms. The standard InChI is InChI=1S/C19H23N5O2/c1-15(16-6-8-17(9-7-16)24-14-20-13-21-24)22(2)12-19(25)23(3)11-18-5-4-10-26-18/h4-10,13-15H,11-12H2,1-3H3. The van der Waals surface area contributed by atoms with Crippen LogP contribution in [0.25, 0.3) is 5.69 Å². The van der Waals surface area contributed by atoms with Crippen molar-refractivity contribution in [2.45, 2.75) is 19.5 Å². The lowest BCUT2D eigenvalue weighted by Gasteiger charge is -2.27. The zero-order valence-electron chi connectivity index (χ0n) is 15.2. The zero-order valence-corrected chi connectivity index (χ0v) is 15.2. The maximum atomic E-state index is 12.4. The molecule has 0 bridgehead atoms. The minimum absolute atomic E-state index is 0.0509. The van der Waals surface area contributed by atoms with E-state index in [-0.39, 0.29) is 11.9 Å². The molecule has 3 aromatic rings. The van der Waals surface area contributed by atoms with E-state index >= 15 is 0 Å². The molecule has 3 rings (SSSR count). The summed E-state index contributed by atoms with van der Waals surface area (Å²) in [4.78, 5) is 20.1. The summed E-state index contributed by atoms with van der Waals surface area (Å²) in [5.74, 6) is 0.829. The van der Waals surface area contributed by atoms with Gasteiger partial charge in [-0.15, -0.1) is 0 Å². The highest BCUT2D eigenvalue weighted by Gasteiger charge is 2.18. The van der Waals surface area contributed by atoms with E-state index in [1.54, 1.807) is 29.2 Å². The van der Waals surface area contributed by atoms with Gasteiger partial charge in [0.05, 0.1) is 25.0 Å². The molecular weight excluding hydrogens is 330 g/mol. The Kier molecular flexibility index (Phi) is 5.48. The number of amides is 1. The Bertz CT molecular complexity index is 812. The third-order valence-corrected chi connectivity index (χ3v) is 4.50. The summed E-state index contributed by atoms with van der Waals surface area (Å²) < 4.78 is 7.01. The van der Waals surface area contributed by atoms with Gasteiger partial charge in [-0.2, -0.15) is 5.10 Å². The highest BCUT2D eigenvalue weighted by Crippen LogP contribution is 2.20. The largest absolute Gasteiger partial charge is 0.467 e. The molecule has 0 saturated carbocycles. The molecule has 1 amide bonds. The number of furan rings is 1. The number of likely N-dealkylation sites (N-methyl/N-ethyl adjacent to an activating group) is 2. The van der Waals surface area contributed by atoms with E-state index in [1.165, 1.54) is 6.33 Å². The molecule has 0 fully saturated rings. The molecule has 2 aromatic heterocycles. The van der Waals surface area contributed by atoms with Gasteiger partial charge >= 0.3 is 0 Å². The van der Waals surface area contributed by atoms with Crippen molar-refractivity contribution in [3.05, 3.63) is 66.6 Å². The van der Waals surface area contributed by atoms with Crippen LogP contribution in [0, 0.1) is 0 Å². The fraction of sp³-hybridized carbons (Fsp3) is 0.316. The third-order valence-electron chi connectivity index (χ3n) is 4.50. The van der Waals surface area contributed by atoms with Gasteiger partial charge in [0.1, 0.15) is 18.4 Å². The molecule has 0 aliphatic heterocycles. The number of rotatable bonds is 7. The predicted molar refractivity (Wildman–Crippen MR) is 97.6 cm³/mol. The lowest BCUT2D eigenvalue weighted by Crippen LogP contribution is -2.37. The highest BCUT2D eigenvalue weighted by atomic mass is 16.3. The molecule has 0 aliphatic rings. The molecule has 1 aromatic carbocycles. The molecule has 0 N–H and O–H groups in total. The van der Waals surface area contributed by atoms with Crippen LogP contribution in [0.5, 0.6) is 0 Å². The molecule has 7 heteroatoms. The summed E-state index contributed by atoms with van der Waals surface area (Å²) in [7, 11) is 3.74.